The highest BCUT2D eigenvalue weighted by Crippen LogP contribution is 2.26. The monoisotopic (exact) mass is 278 g/mol. The molecule has 0 aliphatic heterocycles. The molecule has 8 heteroatoms. The van der Waals surface area contributed by atoms with Crippen molar-refractivity contribution in [2.45, 2.75) is 6.92 Å². The van der Waals surface area contributed by atoms with Gasteiger partial charge in [0.05, 0.1) is 24.0 Å². The van der Waals surface area contributed by atoms with Crippen LogP contribution in [0.3, 0.4) is 0 Å². The van der Waals surface area contributed by atoms with E-state index in [2.05, 4.69) is 20.0 Å². The topological polar surface area (TPSA) is 141 Å². The predicted octanol–water partition coefficient (Wildman–Crippen LogP) is 0.125. The summed E-state index contributed by atoms with van der Waals surface area (Å²) in [6.07, 6.45) is 0. The van der Waals surface area contributed by atoms with Gasteiger partial charge in [-0.3, -0.25) is 0 Å². The SMILES string of the molecule is CCNc1ccc(C(=O)OC)cc1N=C(N)N=C(N)N. The fourth-order valence-corrected chi connectivity index (χ4v) is 1.49. The van der Waals surface area contributed by atoms with Crippen molar-refractivity contribution >= 4 is 29.3 Å². The maximum absolute atomic E-state index is 11.5. The van der Waals surface area contributed by atoms with Crippen LogP contribution >= 0.6 is 0 Å². The van der Waals surface area contributed by atoms with Gasteiger partial charge in [-0.15, -0.1) is 0 Å². The van der Waals surface area contributed by atoms with Crippen molar-refractivity contribution in [2.24, 2.45) is 27.2 Å². The molecule has 0 heterocycles. The number of esters is 1. The molecule has 108 valence electrons. The zero-order valence-corrected chi connectivity index (χ0v) is 11.4. The predicted molar refractivity (Wildman–Crippen MR) is 79.0 cm³/mol. The molecule has 1 aromatic carbocycles. The van der Waals surface area contributed by atoms with E-state index in [4.69, 9.17) is 17.2 Å². The molecule has 0 amide bonds. The summed E-state index contributed by atoms with van der Waals surface area (Å²) in [5, 5.41) is 3.09. The van der Waals surface area contributed by atoms with Crippen molar-refractivity contribution in [1.29, 1.82) is 0 Å². The number of benzene rings is 1. The van der Waals surface area contributed by atoms with Crippen molar-refractivity contribution in [2.75, 3.05) is 19.0 Å². The van der Waals surface area contributed by atoms with Gasteiger partial charge < -0.3 is 27.3 Å². The van der Waals surface area contributed by atoms with E-state index in [1.165, 1.54) is 7.11 Å². The second kappa shape index (κ2) is 6.98. The Morgan fingerprint density at radius 1 is 1.35 bits per heavy atom. The molecule has 7 N–H and O–H groups in total. The molecule has 0 aliphatic carbocycles. The normalized spacial score (nSPS) is 10.8. The first-order valence-electron chi connectivity index (χ1n) is 5.88. The van der Waals surface area contributed by atoms with Crippen LogP contribution in [0.25, 0.3) is 0 Å². The molecule has 0 fully saturated rings. The Hall–Kier alpha value is -2.77. The number of guanidine groups is 2. The summed E-state index contributed by atoms with van der Waals surface area (Å²) in [6.45, 7) is 2.61. The maximum atomic E-state index is 11.5. The summed E-state index contributed by atoms with van der Waals surface area (Å²) in [5.74, 6) is -0.767. The Kier molecular flexibility index (Phi) is 5.33. The van der Waals surface area contributed by atoms with E-state index in [0.29, 0.717) is 23.5 Å². The van der Waals surface area contributed by atoms with E-state index in [9.17, 15) is 4.79 Å². The van der Waals surface area contributed by atoms with Crippen molar-refractivity contribution in [3.05, 3.63) is 23.8 Å². The van der Waals surface area contributed by atoms with Crippen molar-refractivity contribution in [3.8, 4) is 0 Å². The average molecular weight is 278 g/mol. The average Bonchev–Trinajstić information content (AvgIpc) is 2.39. The Morgan fingerprint density at radius 3 is 2.60 bits per heavy atom. The molecular weight excluding hydrogens is 260 g/mol. The molecule has 8 nitrogen and oxygen atoms in total. The number of hydrogen-bond acceptors (Lipinski definition) is 4. The van der Waals surface area contributed by atoms with Crippen LogP contribution in [-0.4, -0.2) is 31.5 Å². The van der Waals surface area contributed by atoms with Gasteiger partial charge in [-0.05, 0) is 25.1 Å². The molecule has 0 bridgehead atoms. The van der Waals surface area contributed by atoms with Crippen molar-refractivity contribution in [1.82, 2.24) is 0 Å². The van der Waals surface area contributed by atoms with E-state index in [0.717, 1.165) is 0 Å². The number of carbonyl (C=O) groups excluding carboxylic acids is 1. The number of aliphatic imine (C=N–C) groups is 2. The summed E-state index contributed by atoms with van der Waals surface area (Å²) < 4.78 is 4.65. The molecule has 0 radical (unpaired) electrons. The minimum absolute atomic E-state index is 0.105. The van der Waals surface area contributed by atoms with Crippen LogP contribution in [0.1, 0.15) is 17.3 Å². The molecule has 1 aromatic rings. The molecular formula is C12H18N6O2. The second-order valence-electron chi connectivity index (χ2n) is 3.76. The van der Waals surface area contributed by atoms with Crippen LogP contribution in [0.4, 0.5) is 11.4 Å². The third-order valence-corrected chi connectivity index (χ3v) is 2.26. The van der Waals surface area contributed by atoms with Crippen LogP contribution in [0.2, 0.25) is 0 Å². The van der Waals surface area contributed by atoms with Crippen LogP contribution in [0.15, 0.2) is 28.2 Å². The third-order valence-electron chi connectivity index (χ3n) is 2.26. The molecule has 0 unspecified atom stereocenters. The van der Waals surface area contributed by atoms with E-state index < -0.39 is 5.97 Å². The molecule has 0 saturated carbocycles. The van der Waals surface area contributed by atoms with E-state index in [1.54, 1.807) is 18.2 Å². The molecule has 20 heavy (non-hydrogen) atoms. The number of nitrogens with one attached hydrogen (secondary N) is 1. The van der Waals surface area contributed by atoms with Crippen molar-refractivity contribution in [3.63, 3.8) is 0 Å². The van der Waals surface area contributed by atoms with Gasteiger partial charge in [0, 0.05) is 6.54 Å². The lowest BCUT2D eigenvalue weighted by Gasteiger charge is -2.09. The smallest absolute Gasteiger partial charge is 0.337 e. The van der Waals surface area contributed by atoms with Crippen LogP contribution in [0, 0.1) is 0 Å². The highest BCUT2D eigenvalue weighted by Gasteiger charge is 2.09. The van der Waals surface area contributed by atoms with Gasteiger partial charge in [-0.2, -0.15) is 4.99 Å². The molecule has 1 rings (SSSR count). The van der Waals surface area contributed by atoms with Gasteiger partial charge in [-0.1, -0.05) is 0 Å². The minimum atomic E-state index is -0.468. The lowest BCUT2D eigenvalue weighted by Crippen LogP contribution is -2.26. The standard InChI is InChI=1S/C12H18N6O2/c1-3-16-8-5-4-7(10(19)20-2)6-9(8)17-12(15)18-11(13)14/h4-6,16H,3H2,1-2H3,(H6,13,14,15,17,18). The summed E-state index contributed by atoms with van der Waals surface area (Å²) in [6, 6.07) is 4.87. The van der Waals surface area contributed by atoms with Crippen molar-refractivity contribution < 1.29 is 9.53 Å². The number of hydrogen-bond donors (Lipinski definition) is 4. The Balaban J connectivity index is 3.25. The first kappa shape index (κ1) is 15.3. The van der Waals surface area contributed by atoms with Gasteiger partial charge in [0.15, 0.2) is 5.96 Å². The largest absolute Gasteiger partial charge is 0.465 e. The summed E-state index contributed by atoms with van der Waals surface area (Å²) in [7, 11) is 1.30. The zero-order valence-electron chi connectivity index (χ0n) is 11.4. The lowest BCUT2D eigenvalue weighted by atomic mass is 10.1. The van der Waals surface area contributed by atoms with Crippen LogP contribution in [0.5, 0.6) is 0 Å². The molecule has 0 atom stereocenters. The Morgan fingerprint density at radius 2 is 2.05 bits per heavy atom. The Bertz CT molecular complexity index is 549. The molecule has 0 aromatic heterocycles. The first-order chi connectivity index (χ1) is 9.47. The fourth-order valence-electron chi connectivity index (χ4n) is 1.49. The zero-order chi connectivity index (χ0) is 15.1. The van der Waals surface area contributed by atoms with Crippen LogP contribution in [-0.2, 0) is 4.74 Å². The number of carbonyl (C=O) groups is 1. The van der Waals surface area contributed by atoms with Gasteiger partial charge in [0.1, 0.15) is 0 Å². The van der Waals surface area contributed by atoms with E-state index in [-0.39, 0.29) is 11.9 Å². The van der Waals surface area contributed by atoms with Gasteiger partial charge in [0.2, 0.25) is 5.96 Å². The fraction of sp³-hybridized carbons (Fsp3) is 0.250. The van der Waals surface area contributed by atoms with Gasteiger partial charge in [0.25, 0.3) is 0 Å². The number of ether oxygens (including phenoxy) is 1. The molecule has 0 spiro atoms. The number of nitrogens with two attached hydrogens (primary N) is 3. The minimum Gasteiger partial charge on any atom is -0.465 e. The number of rotatable bonds is 4. The summed E-state index contributed by atoms with van der Waals surface area (Å²) in [5.41, 5.74) is 17.5. The van der Waals surface area contributed by atoms with Crippen LogP contribution < -0.4 is 22.5 Å². The molecule has 0 aliphatic rings. The molecule has 0 saturated heterocycles. The number of methoxy groups -OCH3 is 1. The maximum Gasteiger partial charge on any atom is 0.337 e. The highest BCUT2D eigenvalue weighted by molar-refractivity contribution is 5.96. The second-order valence-corrected chi connectivity index (χ2v) is 3.76. The first-order valence-corrected chi connectivity index (χ1v) is 5.88. The Labute approximate surface area is 116 Å². The lowest BCUT2D eigenvalue weighted by molar-refractivity contribution is 0.0601. The van der Waals surface area contributed by atoms with E-state index >= 15 is 0 Å². The van der Waals surface area contributed by atoms with E-state index in [1.807, 2.05) is 6.92 Å². The highest BCUT2D eigenvalue weighted by atomic mass is 16.5. The quantitative estimate of drug-likeness (QED) is 0.350. The third kappa shape index (κ3) is 4.16. The number of anilines is 1. The van der Waals surface area contributed by atoms with Gasteiger partial charge in [-0.25, -0.2) is 9.79 Å². The number of nitrogens with zero attached hydrogens (tertiary/aromatic N) is 2. The van der Waals surface area contributed by atoms with Gasteiger partial charge >= 0.3 is 5.97 Å². The summed E-state index contributed by atoms with van der Waals surface area (Å²) >= 11 is 0. The summed E-state index contributed by atoms with van der Waals surface area (Å²) in [4.78, 5) is 19.2.